The normalized spacial score (nSPS) is 17.4. The van der Waals surface area contributed by atoms with Crippen LogP contribution in [0.1, 0.15) is 30.4 Å². The highest BCUT2D eigenvalue weighted by Crippen LogP contribution is 2.42. The van der Waals surface area contributed by atoms with Crippen LogP contribution in [0.15, 0.2) is 60.8 Å². The Morgan fingerprint density at radius 1 is 0.913 bits per heavy atom. The van der Waals surface area contributed by atoms with Gasteiger partial charge in [-0.2, -0.15) is 0 Å². The van der Waals surface area contributed by atoms with Crippen molar-refractivity contribution in [1.82, 2.24) is 25.9 Å². The number of nitrogens with one attached hydrogen (secondary N) is 3. The Bertz CT molecular complexity index is 1710. The lowest BCUT2D eigenvalue weighted by atomic mass is 9.99. The summed E-state index contributed by atoms with van der Waals surface area (Å²) in [6.45, 7) is 3.57. The highest BCUT2D eigenvalue weighted by molar-refractivity contribution is 6.39. The number of rotatable bonds is 13. The van der Waals surface area contributed by atoms with Crippen molar-refractivity contribution in [2.45, 2.75) is 44.5 Å². The number of methoxy groups -OCH3 is 2. The molecule has 2 aromatic carbocycles. The van der Waals surface area contributed by atoms with Crippen LogP contribution >= 0.6 is 23.2 Å². The quantitative estimate of drug-likeness (QED) is 0.159. The van der Waals surface area contributed by atoms with Crippen LogP contribution in [0.4, 0.5) is 0 Å². The Morgan fingerprint density at radius 3 is 2.41 bits per heavy atom. The number of nitrogens with zero attached hydrogens (tertiary/aromatic N) is 2. The minimum atomic E-state index is 0.104. The molecule has 2 atom stereocenters. The van der Waals surface area contributed by atoms with Gasteiger partial charge in [0.25, 0.3) is 0 Å². The second-order valence-corrected chi connectivity index (χ2v) is 12.2. The van der Waals surface area contributed by atoms with E-state index in [1.807, 2.05) is 54.6 Å². The summed E-state index contributed by atoms with van der Waals surface area (Å²) in [6.07, 6.45) is 4.54. The molecule has 2 saturated heterocycles. The fraction of sp³-hybridized carbons (Fsp3) is 0.343. The van der Waals surface area contributed by atoms with E-state index >= 15 is 0 Å². The van der Waals surface area contributed by atoms with Gasteiger partial charge in [0, 0.05) is 84.8 Å². The smallest absolute Gasteiger partial charge is 0.220 e. The summed E-state index contributed by atoms with van der Waals surface area (Å²) in [5.74, 6) is 1.37. The molecule has 0 radical (unpaired) electrons. The largest absolute Gasteiger partial charge is 0.496 e. The number of carbonyl (C=O) groups excluding carboxylic acids is 1. The second-order valence-electron chi connectivity index (χ2n) is 11.4. The molecule has 2 fully saturated rings. The molecule has 3 N–H and O–H groups in total. The van der Waals surface area contributed by atoms with E-state index in [0.29, 0.717) is 59.5 Å². The Morgan fingerprint density at radius 2 is 1.67 bits per heavy atom. The van der Waals surface area contributed by atoms with Crippen molar-refractivity contribution >= 4 is 29.1 Å². The van der Waals surface area contributed by atoms with Crippen LogP contribution in [0.25, 0.3) is 33.6 Å². The van der Waals surface area contributed by atoms with Gasteiger partial charge in [0.2, 0.25) is 11.8 Å². The van der Waals surface area contributed by atoms with Gasteiger partial charge in [-0.25, -0.2) is 4.98 Å². The Kier molecular flexibility index (Phi) is 10.4. The lowest BCUT2D eigenvalue weighted by molar-refractivity contribution is -0.119. The molecule has 0 bridgehead atoms. The summed E-state index contributed by atoms with van der Waals surface area (Å²) in [4.78, 5) is 20.9. The highest BCUT2D eigenvalue weighted by Gasteiger charge is 2.22. The first kappa shape index (κ1) is 32.2. The third-order valence-corrected chi connectivity index (χ3v) is 9.21. The molecular weight excluding hydrogens is 625 g/mol. The van der Waals surface area contributed by atoms with Gasteiger partial charge in [0.15, 0.2) is 0 Å². The van der Waals surface area contributed by atoms with Crippen LogP contribution in [0.2, 0.25) is 10.0 Å². The molecule has 46 heavy (non-hydrogen) atoms. The van der Waals surface area contributed by atoms with Crippen molar-refractivity contribution in [2.24, 2.45) is 0 Å². The molecule has 11 heteroatoms. The van der Waals surface area contributed by atoms with Crippen LogP contribution in [0.5, 0.6) is 11.6 Å². The number of hydrogen-bond acceptors (Lipinski definition) is 8. The maximum atomic E-state index is 11.5. The molecule has 6 rings (SSSR count). The van der Waals surface area contributed by atoms with Gasteiger partial charge in [0.1, 0.15) is 5.75 Å². The molecule has 1 amide bonds. The summed E-state index contributed by atoms with van der Waals surface area (Å²) >= 11 is 14.1. The van der Waals surface area contributed by atoms with E-state index in [1.165, 1.54) is 0 Å². The molecule has 4 heterocycles. The molecule has 4 aromatic rings. The third-order valence-electron chi connectivity index (χ3n) is 8.42. The number of aromatic nitrogens is 2. The number of hydrogen-bond donors (Lipinski definition) is 3. The van der Waals surface area contributed by atoms with E-state index in [9.17, 15) is 4.79 Å². The van der Waals surface area contributed by atoms with E-state index in [-0.39, 0.29) is 11.9 Å². The molecule has 240 valence electrons. The molecule has 0 aliphatic carbocycles. The second kappa shape index (κ2) is 14.8. The lowest BCUT2D eigenvalue weighted by Crippen LogP contribution is -2.36. The SMILES string of the molecule is COc1cc(-c2nccc(-c3cccc(-c4ccc(CNC[C@H]5CCC(=O)N5)c(OC)n4)c3Cl)c2Cl)ccc1CNC[C@@H]1CCO1. The van der Waals surface area contributed by atoms with E-state index in [4.69, 9.17) is 42.4 Å². The van der Waals surface area contributed by atoms with Crippen molar-refractivity contribution in [3.8, 4) is 45.3 Å². The van der Waals surface area contributed by atoms with Gasteiger partial charge >= 0.3 is 0 Å². The van der Waals surface area contributed by atoms with Crippen molar-refractivity contribution in [1.29, 1.82) is 0 Å². The molecule has 2 aliphatic heterocycles. The third kappa shape index (κ3) is 7.14. The Balaban J connectivity index is 1.22. The Labute approximate surface area is 279 Å². The summed E-state index contributed by atoms with van der Waals surface area (Å²) in [5, 5.41) is 10.8. The molecule has 2 aromatic heterocycles. The number of carbonyl (C=O) groups is 1. The average molecular weight is 663 g/mol. The van der Waals surface area contributed by atoms with Gasteiger partial charge in [-0.15, -0.1) is 0 Å². The zero-order valence-electron chi connectivity index (χ0n) is 25.9. The standard InChI is InChI=1S/C35H37Cl2N5O4/c1-44-30-16-21(6-7-22(30)17-39-20-25-13-15-46-25)34-33(37)27(12-14-40-34)26-4-3-5-28(32(26)36)29-10-8-23(35(42-29)45-2)18-38-19-24-9-11-31(43)41-24/h3-8,10,12,14,16,24-25,38-39H,9,11,13,15,17-20H2,1-2H3,(H,41,43)/t24-,25+/m1/s1. The van der Waals surface area contributed by atoms with Crippen LogP contribution in [-0.2, 0) is 22.6 Å². The van der Waals surface area contributed by atoms with Gasteiger partial charge in [-0.1, -0.05) is 59.6 Å². The first-order valence-electron chi connectivity index (χ1n) is 15.4. The van der Waals surface area contributed by atoms with E-state index in [0.717, 1.165) is 65.1 Å². The molecular formula is C35H37Cl2N5O4. The summed E-state index contributed by atoms with van der Waals surface area (Å²) in [6, 6.07) is 17.7. The van der Waals surface area contributed by atoms with Crippen LogP contribution in [-0.4, -0.2) is 61.9 Å². The average Bonchev–Trinajstić information content (AvgIpc) is 3.47. The first-order valence-corrected chi connectivity index (χ1v) is 16.2. The van der Waals surface area contributed by atoms with Crippen LogP contribution < -0.4 is 25.4 Å². The monoisotopic (exact) mass is 661 g/mol. The lowest BCUT2D eigenvalue weighted by Gasteiger charge is -2.26. The van der Waals surface area contributed by atoms with E-state index < -0.39 is 0 Å². The number of pyridine rings is 2. The molecule has 0 unspecified atom stereocenters. The van der Waals surface area contributed by atoms with Crippen molar-refractivity contribution in [3.63, 3.8) is 0 Å². The summed E-state index contributed by atoms with van der Waals surface area (Å²) in [5.41, 5.74) is 6.39. The summed E-state index contributed by atoms with van der Waals surface area (Å²) in [7, 11) is 3.27. The number of halogens is 2. The maximum absolute atomic E-state index is 11.5. The van der Waals surface area contributed by atoms with Gasteiger partial charge < -0.3 is 30.2 Å². The van der Waals surface area contributed by atoms with E-state index in [1.54, 1.807) is 20.4 Å². The van der Waals surface area contributed by atoms with Crippen molar-refractivity contribution < 1.29 is 19.0 Å². The topological polar surface area (TPSA) is 107 Å². The predicted molar refractivity (Wildman–Crippen MR) is 180 cm³/mol. The minimum Gasteiger partial charge on any atom is -0.496 e. The predicted octanol–water partition coefficient (Wildman–Crippen LogP) is 6.05. The zero-order valence-corrected chi connectivity index (χ0v) is 27.4. The first-order chi connectivity index (χ1) is 22.4. The fourth-order valence-electron chi connectivity index (χ4n) is 5.78. The number of benzene rings is 2. The van der Waals surface area contributed by atoms with Crippen LogP contribution in [0.3, 0.4) is 0 Å². The zero-order chi connectivity index (χ0) is 32.0. The van der Waals surface area contributed by atoms with Crippen LogP contribution in [0, 0.1) is 0 Å². The van der Waals surface area contributed by atoms with Gasteiger partial charge in [-0.3, -0.25) is 9.78 Å². The maximum Gasteiger partial charge on any atom is 0.220 e. The van der Waals surface area contributed by atoms with Gasteiger partial charge in [-0.05, 0) is 31.0 Å². The molecule has 0 saturated carbocycles. The highest BCUT2D eigenvalue weighted by atomic mass is 35.5. The number of ether oxygens (including phenoxy) is 3. The minimum absolute atomic E-state index is 0.104. The molecule has 9 nitrogen and oxygen atoms in total. The molecule has 2 aliphatic rings. The number of amides is 1. The Hall–Kier alpha value is -3.73. The molecule has 0 spiro atoms. The van der Waals surface area contributed by atoms with Gasteiger partial charge in [0.05, 0.1) is 41.8 Å². The fourth-order valence-corrected chi connectivity index (χ4v) is 6.43. The van der Waals surface area contributed by atoms with Crippen molar-refractivity contribution in [3.05, 3.63) is 82.0 Å². The summed E-state index contributed by atoms with van der Waals surface area (Å²) < 4.78 is 16.9. The van der Waals surface area contributed by atoms with E-state index in [2.05, 4.69) is 20.9 Å². The van der Waals surface area contributed by atoms with Crippen molar-refractivity contribution in [2.75, 3.05) is 33.9 Å².